The third kappa shape index (κ3) is 4.05. The molecule has 0 aliphatic carbocycles. The number of carbonyl (C=O) groups is 1. The number of hydrogen-bond donors (Lipinski definition) is 2. The Hall–Kier alpha value is -3.18. The Morgan fingerprint density at radius 3 is 2.50 bits per heavy atom. The molecule has 2 N–H and O–H groups in total. The average Bonchev–Trinajstić information content (AvgIpc) is 3.09. The highest BCUT2D eigenvalue weighted by Gasteiger charge is 2.15. The molecule has 3 rings (SSSR count). The highest BCUT2D eigenvalue weighted by Crippen LogP contribution is 2.20. The van der Waals surface area contributed by atoms with Gasteiger partial charge in [-0.3, -0.25) is 4.79 Å². The molecule has 1 heterocycles. The van der Waals surface area contributed by atoms with Crippen molar-refractivity contribution in [2.45, 2.75) is 18.7 Å². The molecule has 0 saturated heterocycles. The Morgan fingerprint density at radius 1 is 1.18 bits per heavy atom. The van der Waals surface area contributed by atoms with Crippen molar-refractivity contribution in [3.63, 3.8) is 0 Å². The molecule has 0 atom stereocenters. The molecule has 0 aliphatic rings. The van der Waals surface area contributed by atoms with Gasteiger partial charge < -0.3 is 5.32 Å². The molecule has 9 nitrogen and oxygen atoms in total. The molecule has 11 heteroatoms. The summed E-state index contributed by atoms with van der Waals surface area (Å²) in [5.41, 5.74) is 0.604. The molecular formula is C17H17FN6O3S. The summed E-state index contributed by atoms with van der Waals surface area (Å²) >= 11 is 0. The summed E-state index contributed by atoms with van der Waals surface area (Å²) < 4.78 is 41.8. The minimum absolute atomic E-state index is 0.0354. The first-order chi connectivity index (χ1) is 13.3. The van der Waals surface area contributed by atoms with Gasteiger partial charge >= 0.3 is 0 Å². The smallest absolute Gasteiger partial charge is 0.255 e. The van der Waals surface area contributed by atoms with Crippen LogP contribution in [0.5, 0.6) is 0 Å². The van der Waals surface area contributed by atoms with Gasteiger partial charge in [0.25, 0.3) is 5.91 Å². The van der Waals surface area contributed by atoms with Crippen LogP contribution in [0.2, 0.25) is 0 Å². The number of nitrogens with zero attached hydrogens (tertiary/aromatic N) is 4. The van der Waals surface area contributed by atoms with Gasteiger partial charge in [0.05, 0.1) is 16.3 Å². The molecular weight excluding hydrogens is 387 g/mol. The van der Waals surface area contributed by atoms with Crippen LogP contribution in [0.4, 0.5) is 10.1 Å². The van der Waals surface area contributed by atoms with Gasteiger partial charge in [0.2, 0.25) is 10.0 Å². The summed E-state index contributed by atoms with van der Waals surface area (Å²) in [4.78, 5) is 12.5. The van der Waals surface area contributed by atoms with E-state index in [1.54, 1.807) is 13.8 Å². The Morgan fingerprint density at radius 2 is 1.89 bits per heavy atom. The van der Waals surface area contributed by atoms with Gasteiger partial charge in [-0.15, -0.1) is 5.10 Å². The molecule has 1 amide bonds. The standard InChI is InChI=1S/C17H17FN6O3S/c1-3-19-28(26,27)14-7-4-12(5-8-14)17(25)20-16-10-13(6-9-15(16)18)24-11(2)21-22-23-24/h4-10,19H,3H2,1-2H3,(H,20,25). The van der Waals surface area contributed by atoms with Gasteiger partial charge in [-0.25, -0.2) is 17.5 Å². The fourth-order valence-corrected chi connectivity index (χ4v) is 3.51. The fourth-order valence-electron chi connectivity index (χ4n) is 2.46. The normalized spacial score (nSPS) is 11.4. The van der Waals surface area contributed by atoms with Crippen molar-refractivity contribution in [3.05, 3.63) is 59.7 Å². The van der Waals surface area contributed by atoms with Crippen LogP contribution < -0.4 is 10.0 Å². The molecule has 0 saturated carbocycles. The van der Waals surface area contributed by atoms with E-state index in [9.17, 15) is 17.6 Å². The molecule has 2 aromatic carbocycles. The quantitative estimate of drug-likeness (QED) is 0.645. The van der Waals surface area contributed by atoms with Crippen molar-refractivity contribution < 1.29 is 17.6 Å². The monoisotopic (exact) mass is 404 g/mol. The maximum atomic E-state index is 14.1. The lowest BCUT2D eigenvalue weighted by atomic mass is 10.2. The highest BCUT2D eigenvalue weighted by atomic mass is 32.2. The molecule has 1 aromatic heterocycles. The van der Waals surface area contributed by atoms with Crippen molar-refractivity contribution in [1.29, 1.82) is 0 Å². The zero-order chi connectivity index (χ0) is 20.3. The van der Waals surface area contributed by atoms with Crippen molar-refractivity contribution in [2.75, 3.05) is 11.9 Å². The second-order valence-corrected chi connectivity index (χ2v) is 7.55. The SMILES string of the molecule is CCNS(=O)(=O)c1ccc(C(=O)Nc2cc(-n3nnnc3C)ccc2F)cc1. The van der Waals surface area contributed by atoms with E-state index >= 15 is 0 Å². The number of rotatable bonds is 6. The van der Waals surface area contributed by atoms with E-state index in [-0.39, 0.29) is 22.7 Å². The van der Waals surface area contributed by atoms with E-state index < -0.39 is 21.7 Å². The van der Waals surface area contributed by atoms with E-state index in [1.165, 1.54) is 47.1 Å². The predicted octanol–water partition coefficient (Wildman–Crippen LogP) is 1.66. The number of nitrogens with one attached hydrogen (secondary N) is 2. The van der Waals surface area contributed by atoms with E-state index in [1.807, 2.05) is 0 Å². The molecule has 0 bridgehead atoms. The third-order valence-corrected chi connectivity index (χ3v) is 5.39. The van der Waals surface area contributed by atoms with Crippen LogP contribution in [0, 0.1) is 12.7 Å². The fraction of sp³-hybridized carbons (Fsp3) is 0.176. The first-order valence-corrected chi connectivity index (χ1v) is 9.76. The van der Waals surface area contributed by atoms with Gasteiger partial charge in [0.15, 0.2) is 5.82 Å². The van der Waals surface area contributed by atoms with Crippen LogP contribution in [0.15, 0.2) is 47.4 Å². The largest absolute Gasteiger partial charge is 0.319 e. The van der Waals surface area contributed by atoms with Gasteiger partial charge in [-0.05, 0) is 59.8 Å². The third-order valence-electron chi connectivity index (χ3n) is 3.83. The molecule has 28 heavy (non-hydrogen) atoms. The van der Waals surface area contributed by atoms with Gasteiger partial charge in [0.1, 0.15) is 5.82 Å². The number of aromatic nitrogens is 4. The predicted molar refractivity (Wildman–Crippen MR) is 99.1 cm³/mol. The highest BCUT2D eigenvalue weighted by molar-refractivity contribution is 7.89. The summed E-state index contributed by atoms with van der Waals surface area (Å²) in [5, 5.41) is 13.6. The molecule has 0 radical (unpaired) electrons. The number of hydrogen-bond acceptors (Lipinski definition) is 6. The minimum atomic E-state index is -3.62. The summed E-state index contributed by atoms with van der Waals surface area (Å²) in [6.45, 7) is 3.60. The van der Waals surface area contributed by atoms with Crippen molar-refractivity contribution in [2.24, 2.45) is 0 Å². The van der Waals surface area contributed by atoms with E-state index in [0.717, 1.165) is 0 Å². The Balaban J connectivity index is 1.82. The lowest BCUT2D eigenvalue weighted by Crippen LogP contribution is -2.23. The Kier molecular flexibility index (Phi) is 5.47. The molecule has 0 unspecified atom stereocenters. The molecule has 3 aromatic rings. The van der Waals surface area contributed by atoms with Crippen LogP contribution in [0.25, 0.3) is 5.69 Å². The zero-order valence-corrected chi connectivity index (χ0v) is 15.9. The van der Waals surface area contributed by atoms with Gasteiger partial charge in [0, 0.05) is 12.1 Å². The van der Waals surface area contributed by atoms with Crippen LogP contribution >= 0.6 is 0 Å². The first-order valence-electron chi connectivity index (χ1n) is 8.28. The second-order valence-electron chi connectivity index (χ2n) is 5.78. The van der Waals surface area contributed by atoms with Crippen LogP contribution in [-0.2, 0) is 10.0 Å². The topological polar surface area (TPSA) is 119 Å². The maximum Gasteiger partial charge on any atom is 0.255 e. The van der Waals surface area contributed by atoms with Crippen LogP contribution in [-0.4, -0.2) is 41.1 Å². The average molecular weight is 404 g/mol. The number of carbonyl (C=O) groups excluding carboxylic acids is 1. The van der Waals surface area contributed by atoms with Crippen molar-refractivity contribution in [3.8, 4) is 5.69 Å². The molecule has 146 valence electrons. The van der Waals surface area contributed by atoms with Crippen molar-refractivity contribution in [1.82, 2.24) is 24.9 Å². The lowest BCUT2D eigenvalue weighted by molar-refractivity contribution is 0.102. The summed E-state index contributed by atoms with van der Waals surface area (Å²) in [6.07, 6.45) is 0. The van der Waals surface area contributed by atoms with Gasteiger partial charge in [-0.2, -0.15) is 4.68 Å². The van der Waals surface area contributed by atoms with Gasteiger partial charge in [-0.1, -0.05) is 6.92 Å². The minimum Gasteiger partial charge on any atom is -0.319 e. The number of anilines is 1. The van der Waals surface area contributed by atoms with E-state index in [2.05, 4.69) is 25.6 Å². The summed E-state index contributed by atoms with van der Waals surface area (Å²) in [5.74, 6) is -0.715. The summed E-state index contributed by atoms with van der Waals surface area (Å²) in [6, 6.07) is 9.40. The summed E-state index contributed by atoms with van der Waals surface area (Å²) in [7, 11) is -3.62. The second kappa shape index (κ2) is 7.82. The van der Waals surface area contributed by atoms with E-state index in [4.69, 9.17) is 0 Å². The zero-order valence-electron chi connectivity index (χ0n) is 15.0. The number of halogens is 1. The number of tetrazole rings is 1. The number of benzene rings is 2. The Bertz CT molecular complexity index is 1110. The van der Waals surface area contributed by atoms with Crippen LogP contribution in [0.3, 0.4) is 0 Å². The molecule has 0 aliphatic heterocycles. The molecule has 0 spiro atoms. The number of amides is 1. The Labute approximate surface area is 160 Å². The van der Waals surface area contributed by atoms with Crippen molar-refractivity contribution >= 4 is 21.6 Å². The van der Waals surface area contributed by atoms with E-state index in [0.29, 0.717) is 11.5 Å². The number of sulfonamides is 1. The van der Waals surface area contributed by atoms with Crippen LogP contribution in [0.1, 0.15) is 23.1 Å². The molecule has 0 fully saturated rings. The maximum absolute atomic E-state index is 14.1. The first kappa shape index (κ1) is 19.6. The lowest BCUT2D eigenvalue weighted by Gasteiger charge is -2.10. The number of aryl methyl sites for hydroxylation is 1.